The number of aliphatic imine (C=N–C) groups is 1. The van der Waals surface area contributed by atoms with Crippen LogP contribution < -0.4 is 10.6 Å². The average molecular weight is 335 g/mol. The highest BCUT2D eigenvalue weighted by Gasteiger charge is 2.32. The molecule has 0 bridgehead atoms. The molecule has 130 valence electrons. The van der Waals surface area contributed by atoms with Crippen molar-refractivity contribution in [3.63, 3.8) is 0 Å². The van der Waals surface area contributed by atoms with Crippen LogP contribution in [0.25, 0.3) is 0 Å². The molecule has 1 rings (SSSR count). The van der Waals surface area contributed by atoms with Gasteiger partial charge in [0.25, 0.3) is 0 Å². The van der Waals surface area contributed by atoms with Crippen LogP contribution in [0, 0.1) is 0 Å². The summed E-state index contributed by atoms with van der Waals surface area (Å²) in [5, 5.41) is 6.48. The maximum Gasteiger partial charge on any atom is 0.191 e. The molecule has 1 heterocycles. The Kier molecular flexibility index (Phi) is 7.58. The topological polar surface area (TPSA) is 89.0 Å². The Labute approximate surface area is 133 Å². The lowest BCUT2D eigenvalue weighted by Crippen LogP contribution is -2.52. The van der Waals surface area contributed by atoms with E-state index in [1.807, 2.05) is 6.92 Å². The number of guanidine groups is 1. The molecule has 0 aliphatic carbocycles. The van der Waals surface area contributed by atoms with Gasteiger partial charge in [-0.05, 0) is 13.3 Å². The van der Waals surface area contributed by atoms with Crippen LogP contribution in [0.4, 0.5) is 0 Å². The molecule has 2 N–H and O–H groups in total. The fourth-order valence-electron chi connectivity index (χ4n) is 2.33. The molecule has 0 aromatic carbocycles. The molecule has 0 amide bonds. The molecule has 0 saturated carbocycles. The maximum atomic E-state index is 11.2. The number of nitrogens with one attached hydrogen (secondary N) is 2. The molecule has 1 aliphatic rings. The first kappa shape index (κ1) is 19.2. The predicted octanol–water partition coefficient (Wildman–Crippen LogP) is 0.170. The maximum absolute atomic E-state index is 11.2. The Hall–Kier alpha value is -0.860. The van der Waals surface area contributed by atoms with Gasteiger partial charge < -0.3 is 20.1 Å². The molecular formula is C14H29N3O4S. The van der Waals surface area contributed by atoms with Crippen molar-refractivity contribution in [3.05, 3.63) is 0 Å². The zero-order valence-electron chi connectivity index (χ0n) is 14.0. The lowest BCUT2D eigenvalue weighted by Gasteiger charge is -2.36. The molecule has 8 heteroatoms. The smallest absolute Gasteiger partial charge is 0.191 e. The van der Waals surface area contributed by atoms with Gasteiger partial charge >= 0.3 is 0 Å². The van der Waals surface area contributed by atoms with Crippen LogP contribution in [-0.2, 0) is 19.3 Å². The zero-order chi connectivity index (χ0) is 16.6. The molecule has 0 spiro atoms. The molecule has 0 aromatic heterocycles. The standard InChI is InChI=1S/C14H29N3O4S/c1-12(5-10-22(4,18)19)17-13(15-2)16-11-14(20-3)6-8-21-9-7-14/h12H,5-11H2,1-4H3,(H2,15,16,17). The van der Waals surface area contributed by atoms with E-state index in [0.29, 0.717) is 32.1 Å². The SMILES string of the molecule is CN=C(NCC1(OC)CCOCC1)NC(C)CCS(C)(=O)=O. The van der Waals surface area contributed by atoms with Gasteiger partial charge in [0.1, 0.15) is 9.84 Å². The van der Waals surface area contributed by atoms with Crippen LogP contribution in [0.3, 0.4) is 0 Å². The first-order chi connectivity index (χ1) is 10.3. The number of hydrogen-bond acceptors (Lipinski definition) is 5. The average Bonchev–Trinajstić information content (AvgIpc) is 2.49. The van der Waals surface area contributed by atoms with Crippen molar-refractivity contribution in [1.82, 2.24) is 10.6 Å². The zero-order valence-corrected chi connectivity index (χ0v) is 14.8. The summed E-state index contributed by atoms with van der Waals surface area (Å²) in [6.45, 7) is 3.99. The first-order valence-corrected chi connectivity index (χ1v) is 9.64. The largest absolute Gasteiger partial charge is 0.381 e. The van der Waals surface area contributed by atoms with Gasteiger partial charge in [0.15, 0.2) is 5.96 Å². The summed E-state index contributed by atoms with van der Waals surface area (Å²) in [5.74, 6) is 0.821. The number of hydrogen-bond donors (Lipinski definition) is 2. The highest BCUT2D eigenvalue weighted by Crippen LogP contribution is 2.23. The quantitative estimate of drug-likeness (QED) is 0.509. The predicted molar refractivity (Wildman–Crippen MR) is 88.1 cm³/mol. The van der Waals surface area contributed by atoms with Gasteiger partial charge in [0.2, 0.25) is 0 Å². The van der Waals surface area contributed by atoms with Gasteiger partial charge in [0.05, 0.1) is 11.4 Å². The van der Waals surface area contributed by atoms with Gasteiger partial charge in [-0.3, -0.25) is 4.99 Å². The van der Waals surface area contributed by atoms with E-state index in [1.165, 1.54) is 6.26 Å². The Bertz CT molecular complexity index is 459. The van der Waals surface area contributed by atoms with E-state index in [1.54, 1.807) is 14.2 Å². The van der Waals surface area contributed by atoms with E-state index in [4.69, 9.17) is 9.47 Å². The lowest BCUT2D eigenvalue weighted by atomic mass is 9.94. The van der Waals surface area contributed by atoms with Gasteiger partial charge in [-0.2, -0.15) is 0 Å². The minimum atomic E-state index is -2.94. The summed E-state index contributed by atoms with van der Waals surface area (Å²) >= 11 is 0. The Morgan fingerprint density at radius 3 is 2.55 bits per heavy atom. The summed E-state index contributed by atoms with van der Waals surface area (Å²) in [6, 6.07) is 0.0223. The van der Waals surface area contributed by atoms with Crippen LogP contribution in [0.15, 0.2) is 4.99 Å². The van der Waals surface area contributed by atoms with Crippen molar-refractivity contribution in [2.45, 2.75) is 37.8 Å². The summed E-state index contributed by atoms with van der Waals surface area (Å²) < 4.78 is 33.4. The van der Waals surface area contributed by atoms with Crippen LogP contribution in [0.1, 0.15) is 26.2 Å². The third kappa shape index (κ3) is 6.93. The molecule has 1 fully saturated rings. The van der Waals surface area contributed by atoms with E-state index in [2.05, 4.69) is 15.6 Å². The van der Waals surface area contributed by atoms with Crippen LogP contribution in [0.2, 0.25) is 0 Å². The lowest BCUT2D eigenvalue weighted by molar-refractivity contribution is -0.0855. The fraction of sp³-hybridized carbons (Fsp3) is 0.929. The molecule has 1 unspecified atom stereocenters. The van der Waals surface area contributed by atoms with Crippen molar-refractivity contribution < 1.29 is 17.9 Å². The Morgan fingerprint density at radius 2 is 2.05 bits per heavy atom. The number of rotatable bonds is 7. The highest BCUT2D eigenvalue weighted by molar-refractivity contribution is 7.90. The summed E-state index contributed by atoms with van der Waals surface area (Å²) in [7, 11) is 0.478. The van der Waals surface area contributed by atoms with Crippen LogP contribution in [0.5, 0.6) is 0 Å². The third-order valence-corrected chi connectivity index (χ3v) is 4.92. The molecule has 0 aromatic rings. The molecular weight excluding hydrogens is 306 g/mol. The second kappa shape index (κ2) is 8.69. The number of nitrogens with zero attached hydrogens (tertiary/aromatic N) is 1. The second-order valence-corrected chi connectivity index (χ2v) is 8.15. The van der Waals surface area contributed by atoms with Crippen LogP contribution >= 0.6 is 0 Å². The third-order valence-electron chi connectivity index (χ3n) is 3.94. The van der Waals surface area contributed by atoms with Crippen molar-refractivity contribution in [2.24, 2.45) is 4.99 Å². The van der Waals surface area contributed by atoms with Gasteiger partial charge in [-0.15, -0.1) is 0 Å². The summed E-state index contributed by atoms with van der Waals surface area (Å²) in [4.78, 5) is 4.18. The number of methoxy groups -OCH3 is 1. The minimum absolute atomic E-state index is 0.0223. The van der Waals surface area contributed by atoms with Crippen molar-refractivity contribution in [2.75, 3.05) is 45.9 Å². The van der Waals surface area contributed by atoms with E-state index in [9.17, 15) is 8.42 Å². The molecule has 1 aliphatic heterocycles. The van der Waals surface area contributed by atoms with Gasteiger partial charge in [-0.25, -0.2) is 8.42 Å². The Morgan fingerprint density at radius 1 is 1.41 bits per heavy atom. The monoisotopic (exact) mass is 335 g/mol. The summed E-state index contributed by atoms with van der Waals surface area (Å²) in [5.41, 5.74) is -0.230. The normalized spacial score (nSPS) is 20.5. The van der Waals surface area contributed by atoms with E-state index >= 15 is 0 Å². The van der Waals surface area contributed by atoms with E-state index < -0.39 is 9.84 Å². The first-order valence-electron chi connectivity index (χ1n) is 7.58. The molecule has 22 heavy (non-hydrogen) atoms. The number of sulfone groups is 1. The van der Waals surface area contributed by atoms with Gasteiger partial charge in [-0.1, -0.05) is 0 Å². The fourth-order valence-corrected chi connectivity index (χ4v) is 3.11. The minimum Gasteiger partial charge on any atom is -0.381 e. The molecule has 7 nitrogen and oxygen atoms in total. The summed E-state index contributed by atoms with van der Waals surface area (Å²) in [6.07, 6.45) is 3.48. The molecule has 0 radical (unpaired) electrons. The molecule has 1 atom stereocenters. The van der Waals surface area contributed by atoms with E-state index in [-0.39, 0.29) is 17.4 Å². The van der Waals surface area contributed by atoms with Crippen molar-refractivity contribution in [1.29, 1.82) is 0 Å². The van der Waals surface area contributed by atoms with Gasteiger partial charge in [0, 0.05) is 59.1 Å². The van der Waals surface area contributed by atoms with Crippen molar-refractivity contribution in [3.8, 4) is 0 Å². The van der Waals surface area contributed by atoms with E-state index in [0.717, 1.165) is 12.8 Å². The van der Waals surface area contributed by atoms with Crippen molar-refractivity contribution >= 4 is 15.8 Å². The Balaban J connectivity index is 2.44. The second-order valence-electron chi connectivity index (χ2n) is 5.89. The van der Waals surface area contributed by atoms with Crippen LogP contribution in [-0.4, -0.2) is 71.9 Å². The highest BCUT2D eigenvalue weighted by atomic mass is 32.2. The molecule has 1 saturated heterocycles. The number of ether oxygens (including phenoxy) is 2.